The van der Waals surface area contributed by atoms with E-state index in [0.717, 1.165) is 19.3 Å². The van der Waals surface area contributed by atoms with Crippen LogP contribution < -0.4 is 0 Å². The first kappa shape index (κ1) is 11.9. The number of benzene rings is 2. The molecule has 0 N–H and O–H groups in total. The molecule has 0 unspecified atom stereocenters. The average Bonchev–Trinajstić information content (AvgIpc) is 2.43. The molecule has 2 aromatic rings. The Morgan fingerprint density at radius 3 is 2.56 bits per heavy atom. The molecule has 1 heteroatoms. The fourth-order valence-electron chi connectivity index (χ4n) is 2.84. The number of fused-ring (bicyclic) bond motifs is 2. The first-order valence-corrected chi connectivity index (χ1v) is 7.54. The van der Waals surface area contributed by atoms with E-state index in [4.69, 9.17) is 0 Å². The van der Waals surface area contributed by atoms with Gasteiger partial charge in [0.05, 0.1) is 0 Å². The smallest absolute Gasteiger partial charge is 0.0160 e. The summed E-state index contributed by atoms with van der Waals surface area (Å²) < 4.78 is 0. The predicted octanol–water partition coefficient (Wildman–Crippen LogP) is 4.87. The fourth-order valence-corrected chi connectivity index (χ4v) is 3.95. The van der Waals surface area contributed by atoms with E-state index in [1.807, 2.05) is 11.8 Å². The van der Waals surface area contributed by atoms with E-state index in [2.05, 4.69) is 50.2 Å². The molecule has 0 radical (unpaired) electrons. The summed E-state index contributed by atoms with van der Waals surface area (Å²) in [5, 5.41) is 0. The topological polar surface area (TPSA) is 0 Å². The van der Waals surface area contributed by atoms with Crippen LogP contribution in [0.5, 0.6) is 0 Å². The summed E-state index contributed by atoms with van der Waals surface area (Å²) >= 11 is 1.93. The van der Waals surface area contributed by atoms with E-state index in [1.165, 1.54) is 20.9 Å². The van der Waals surface area contributed by atoms with E-state index in [0.29, 0.717) is 0 Å². The number of hydrogen-bond donors (Lipinski definition) is 0. The van der Waals surface area contributed by atoms with Crippen molar-refractivity contribution in [2.75, 3.05) is 0 Å². The summed E-state index contributed by atoms with van der Waals surface area (Å²) in [7, 11) is 0. The van der Waals surface area contributed by atoms with Crippen molar-refractivity contribution in [3.63, 3.8) is 0 Å². The van der Waals surface area contributed by atoms with Crippen LogP contribution in [0.1, 0.15) is 36.1 Å². The molecule has 0 spiro atoms. The SMILES string of the molecule is CCc1ccc2c(c1CC)Cc1ccccc1S2. The van der Waals surface area contributed by atoms with Crippen LogP contribution in [0.3, 0.4) is 0 Å². The van der Waals surface area contributed by atoms with Crippen molar-refractivity contribution in [3.8, 4) is 0 Å². The van der Waals surface area contributed by atoms with Crippen LogP contribution in [0.2, 0.25) is 0 Å². The van der Waals surface area contributed by atoms with Gasteiger partial charge in [-0.3, -0.25) is 0 Å². The van der Waals surface area contributed by atoms with Crippen molar-refractivity contribution in [1.29, 1.82) is 0 Å². The highest BCUT2D eigenvalue weighted by Gasteiger charge is 2.19. The molecule has 3 rings (SSSR count). The molecule has 0 nitrogen and oxygen atoms in total. The lowest BCUT2D eigenvalue weighted by atomic mass is 9.92. The maximum atomic E-state index is 2.32. The standard InChI is InChI=1S/C17H18S/c1-3-12-9-10-17-15(14(12)4-2)11-13-7-5-6-8-16(13)18-17/h5-10H,3-4,11H2,1-2H3. The van der Waals surface area contributed by atoms with Crippen LogP contribution in [0.15, 0.2) is 46.2 Å². The highest BCUT2D eigenvalue weighted by atomic mass is 32.2. The molecule has 1 aliphatic rings. The highest BCUT2D eigenvalue weighted by molar-refractivity contribution is 7.99. The molecule has 0 aliphatic carbocycles. The van der Waals surface area contributed by atoms with Crippen LogP contribution >= 0.6 is 11.8 Å². The number of hydrogen-bond acceptors (Lipinski definition) is 1. The zero-order chi connectivity index (χ0) is 12.5. The second-order valence-corrected chi connectivity index (χ2v) is 5.86. The second-order valence-electron chi connectivity index (χ2n) is 4.77. The summed E-state index contributed by atoms with van der Waals surface area (Å²) in [6.45, 7) is 4.53. The Morgan fingerprint density at radius 1 is 0.944 bits per heavy atom. The van der Waals surface area contributed by atoms with E-state index >= 15 is 0 Å². The third-order valence-electron chi connectivity index (χ3n) is 3.78. The molecule has 0 amide bonds. The molecule has 0 fully saturated rings. The zero-order valence-electron chi connectivity index (χ0n) is 11.0. The van der Waals surface area contributed by atoms with Crippen LogP contribution in [-0.4, -0.2) is 0 Å². The van der Waals surface area contributed by atoms with Gasteiger partial charge in [-0.1, -0.05) is 49.9 Å². The van der Waals surface area contributed by atoms with Gasteiger partial charge in [0.1, 0.15) is 0 Å². The van der Waals surface area contributed by atoms with Gasteiger partial charge in [0, 0.05) is 9.79 Å². The summed E-state index contributed by atoms with van der Waals surface area (Å²) in [6, 6.07) is 13.4. The third-order valence-corrected chi connectivity index (χ3v) is 5.00. The highest BCUT2D eigenvalue weighted by Crippen LogP contribution is 2.41. The van der Waals surface area contributed by atoms with Gasteiger partial charge < -0.3 is 0 Å². The number of rotatable bonds is 2. The van der Waals surface area contributed by atoms with Gasteiger partial charge >= 0.3 is 0 Å². The van der Waals surface area contributed by atoms with E-state index in [-0.39, 0.29) is 0 Å². The van der Waals surface area contributed by atoms with Gasteiger partial charge in [-0.05, 0) is 53.6 Å². The maximum absolute atomic E-state index is 2.32. The minimum Gasteiger partial charge on any atom is -0.0895 e. The largest absolute Gasteiger partial charge is 0.0895 e. The molecule has 1 aliphatic heterocycles. The maximum Gasteiger partial charge on any atom is 0.0160 e. The van der Waals surface area contributed by atoms with Crippen molar-refractivity contribution in [2.24, 2.45) is 0 Å². The fraction of sp³-hybridized carbons (Fsp3) is 0.294. The van der Waals surface area contributed by atoms with Crippen LogP contribution in [-0.2, 0) is 19.3 Å². The molecule has 0 saturated carbocycles. The monoisotopic (exact) mass is 254 g/mol. The van der Waals surface area contributed by atoms with Gasteiger partial charge in [-0.2, -0.15) is 0 Å². The minimum absolute atomic E-state index is 1.11. The van der Waals surface area contributed by atoms with Crippen molar-refractivity contribution in [1.82, 2.24) is 0 Å². The Hall–Kier alpha value is -1.21. The van der Waals surface area contributed by atoms with Gasteiger partial charge in [-0.15, -0.1) is 0 Å². The predicted molar refractivity (Wildman–Crippen MR) is 78.6 cm³/mol. The lowest BCUT2D eigenvalue weighted by Gasteiger charge is -2.23. The second kappa shape index (κ2) is 4.81. The normalized spacial score (nSPS) is 13.0. The molecule has 0 aromatic heterocycles. The van der Waals surface area contributed by atoms with E-state index in [1.54, 1.807) is 11.1 Å². The van der Waals surface area contributed by atoms with Crippen molar-refractivity contribution in [3.05, 3.63) is 58.7 Å². The molecular weight excluding hydrogens is 236 g/mol. The Bertz CT molecular complexity index is 584. The lowest BCUT2D eigenvalue weighted by Crippen LogP contribution is -2.06. The first-order chi connectivity index (χ1) is 8.83. The van der Waals surface area contributed by atoms with Crippen molar-refractivity contribution >= 4 is 11.8 Å². The molecule has 0 bridgehead atoms. The zero-order valence-corrected chi connectivity index (χ0v) is 11.8. The van der Waals surface area contributed by atoms with Crippen LogP contribution in [0.4, 0.5) is 0 Å². The van der Waals surface area contributed by atoms with Gasteiger partial charge in [0.25, 0.3) is 0 Å². The summed E-state index contributed by atoms with van der Waals surface area (Å²) in [4.78, 5) is 2.89. The molecule has 18 heavy (non-hydrogen) atoms. The minimum atomic E-state index is 1.11. The van der Waals surface area contributed by atoms with Gasteiger partial charge in [0.15, 0.2) is 0 Å². The Morgan fingerprint density at radius 2 is 1.78 bits per heavy atom. The summed E-state index contributed by atoms with van der Waals surface area (Å²) in [6.07, 6.45) is 3.40. The molecule has 92 valence electrons. The van der Waals surface area contributed by atoms with E-state index in [9.17, 15) is 0 Å². The third kappa shape index (κ3) is 1.87. The molecule has 2 aromatic carbocycles. The summed E-state index contributed by atoms with van der Waals surface area (Å²) in [5.41, 5.74) is 6.16. The lowest BCUT2D eigenvalue weighted by molar-refractivity contribution is 0.947. The molecule has 0 atom stereocenters. The Labute approximate surface area is 113 Å². The number of aryl methyl sites for hydroxylation is 1. The Balaban J connectivity index is 2.13. The Kier molecular flexibility index (Phi) is 3.17. The van der Waals surface area contributed by atoms with Crippen molar-refractivity contribution in [2.45, 2.75) is 42.9 Å². The van der Waals surface area contributed by atoms with Gasteiger partial charge in [-0.25, -0.2) is 0 Å². The van der Waals surface area contributed by atoms with Crippen LogP contribution in [0.25, 0.3) is 0 Å². The van der Waals surface area contributed by atoms with Crippen molar-refractivity contribution < 1.29 is 0 Å². The van der Waals surface area contributed by atoms with Gasteiger partial charge in [0.2, 0.25) is 0 Å². The molecule has 0 saturated heterocycles. The average molecular weight is 254 g/mol. The van der Waals surface area contributed by atoms with Crippen LogP contribution in [0, 0.1) is 0 Å². The van der Waals surface area contributed by atoms with E-state index < -0.39 is 0 Å². The molecule has 1 heterocycles. The molecular formula is C17H18S. The summed E-state index contributed by atoms with van der Waals surface area (Å²) in [5.74, 6) is 0. The first-order valence-electron chi connectivity index (χ1n) is 6.72. The quantitative estimate of drug-likeness (QED) is 0.629.